The van der Waals surface area contributed by atoms with Crippen LogP contribution in [0.3, 0.4) is 0 Å². The minimum atomic E-state index is -2.19. The molecule has 0 aliphatic heterocycles. The molecule has 0 saturated carbocycles. The van der Waals surface area contributed by atoms with Crippen molar-refractivity contribution in [3.05, 3.63) is 0 Å². The Morgan fingerprint density at radius 2 is 1.69 bits per heavy atom. The Hall–Kier alpha value is -0.573. The Labute approximate surface area is 164 Å². The van der Waals surface area contributed by atoms with Crippen molar-refractivity contribution >= 4 is 31.9 Å². The summed E-state index contributed by atoms with van der Waals surface area (Å²) in [4.78, 5) is 24.5. The van der Waals surface area contributed by atoms with Crippen molar-refractivity contribution in [2.75, 3.05) is 31.7 Å². The van der Waals surface area contributed by atoms with Crippen molar-refractivity contribution in [3.8, 4) is 0 Å². The van der Waals surface area contributed by atoms with Crippen LogP contribution < -0.4 is 10.6 Å². The van der Waals surface area contributed by atoms with Gasteiger partial charge in [0.25, 0.3) is 0 Å². The van der Waals surface area contributed by atoms with E-state index in [-0.39, 0.29) is 36.4 Å². The molecule has 0 aromatic heterocycles. The molecule has 6 nitrogen and oxygen atoms in total. The first-order valence-corrected chi connectivity index (χ1v) is 13.4. The molecule has 0 fully saturated rings. The van der Waals surface area contributed by atoms with Crippen LogP contribution in [0, 0.1) is 5.41 Å². The fourth-order valence-corrected chi connectivity index (χ4v) is 3.57. The van der Waals surface area contributed by atoms with E-state index in [0.29, 0.717) is 6.54 Å². The van der Waals surface area contributed by atoms with Crippen molar-refractivity contribution in [2.24, 2.45) is 5.41 Å². The second-order valence-corrected chi connectivity index (χ2v) is 14.5. The van der Waals surface area contributed by atoms with Crippen LogP contribution in [-0.4, -0.2) is 63.0 Å². The van der Waals surface area contributed by atoms with Gasteiger partial charge in [-0.1, -0.05) is 34.6 Å². The molecule has 154 valence electrons. The number of rotatable bonds is 11. The zero-order valence-electron chi connectivity index (χ0n) is 17.7. The van der Waals surface area contributed by atoms with Gasteiger partial charge in [0.1, 0.15) is 6.10 Å². The zero-order chi connectivity index (χ0) is 20.6. The molecule has 8 heteroatoms. The molecule has 0 saturated heterocycles. The summed E-state index contributed by atoms with van der Waals surface area (Å²) in [6.45, 7) is 14.9. The molecule has 0 aromatic rings. The van der Waals surface area contributed by atoms with E-state index in [9.17, 15) is 14.7 Å². The normalized spacial score (nSPS) is 14.0. The summed E-state index contributed by atoms with van der Waals surface area (Å²) >= 11 is 1.67. The highest BCUT2D eigenvalue weighted by molar-refractivity contribution is 7.98. The molecule has 0 aliphatic rings. The highest BCUT2D eigenvalue weighted by Gasteiger charge is 2.45. The van der Waals surface area contributed by atoms with E-state index < -0.39 is 19.8 Å². The summed E-state index contributed by atoms with van der Waals surface area (Å²) < 4.78 is 6.32. The molecule has 2 amide bonds. The van der Waals surface area contributed by atoms with E-state index in [2.05, 4.69) is 44.5 Å². The van der Waals surface area contributed by atoms with Crippen molar-refractivity contribution < 1.29 is 19.1 Å². The van der Waals surface area contributed by atoms with E-state index in [1.54, 1.807) is 11.8 Å². The van der Waals surface area contributed by atoms with Crippen molar-refractivity contribution in [1.82, 2.24) is 10.6 Å². The van der Waals surface area contributed by atoms with Crippen LogP contribution in [0.2, 0.25) is 18.1 Å². The van der Waals surface area contributed by atoms with Crippen LogP contribution in [0.5, 0.6) is 0 Å². The van der Waals surface area contributed by atoms with Crippen LogP contribution in [-0.2, 0) is 14.0 Å². The number of hydrogen-bond acceptors (Lipinski definition) is 5. The van der Waals surface area contributed by atoms with Crippen LogP contribution in [0.1, 0.15) is 41.0 Å². The van der Waals surface area contributed by atoms with E-state index in [1.807, 2.05) is 20.1 Å². The number of aliphatic hydroxyl groups excluding tert-OH is 1. The predicted octanol–water partition coefficient (Wildman–Crippen LogP) is 2.38. The molecule has 0 aromatic carbocycles. The molecule has 0 radical (unpaired) electrons. The molecule has 0 rings (SSSR count). The van der Waals surface area contributed by atoms with Crippen molar-refractivity contribution in [2.45, 2.75) is 65.3 Å². The van der Waals surface area contributed by atoms with E-state index in [4.69, 9.17) is 4.43 Å². The lowest BCUT2D eigenvalue weighted by atomic mass is 9.87. The molecular weight excluding hydrogens is 368 g/mol. The van der Waals surface area contributed by atoms with Gasteiger partial charge in [0.2, 0.25) is 11.8 Å². The maximum Gasteiger partial charge on any atom is 0.248 e. The number of carbonyl (C=O) groups excluding carboxylic acids is 2. The minimum Gasteiger partial charge on any atom is -0.404 e. The fraction of sp³-hybridized carbons (Fsp3) is 0.889. The van der Waals surface area contributed by atoms with Gasteiger partial charge in [0, 0.05) is 30.7 Å². The highest BCUT2D eigenvalue weighted by atomic mass is 32.2. The lowest BCUT2D eigenvalue weighted by Gasteiger charge is -2.43. The van der Waals surface area contributed by atoms with Crippen LogP contribution in [0.15, 0.2) is 0 Å². The first kappa shape index (κ1) is 25.4. The maximum absolute atomic E-state index is 12.7. The van der Waals surface area contributed by atoms with Gasteiger partial charge in [-0.3, -0.25) is 9.59 Å². The van der Waals surface area contributed by atoms with Crippen molar-refractivity contribution in [1.29, 1.82) is 0 Å². The first-order valence-electron chi connectivity index (χ1n) is 9.10. The Morgan fingerprint density at radius 3 is 2.15 bits per heavy atom. The van der Waals surface area contributed by atoms with Gasteiger partial charge in [-0.25, -0.2) is 0 Å². The monoisotopic (exact) mass is 406 g/mol. The van der Waals surface area contributed by atoms with Crippen molar-refractivity contribution in [3.63, 3.8) is 0 Å². The zero-order valence-corrected chi connectivity index (χ0v) is 19.5. The molecule has 3 N–H and O–H groups in total. The fourth-order valence-electron chi connectivity index (χ4n) is 1.90. The average Bonchev–Trinajstić information content (AvgIpc) is 2.51. The van der Waals surface area contributed by atoms with Gasteiger partial charge in [-0.15, -0.1) is 0 Å². The molecule has 26 heavy (non-hydrogen) atoms. The largest absolute Gasteiger partial charge is 0.404 e. The Bertz CT molecular complexity index is 465. The van der Waals surface area contributed by atoms with Gasteiger partial charge in [-0.05, 0) is 24.4 Å². The van der Waals surface area contributed by atoms with E-state index in [1.165, 1.54) is 0 Å². The first-order chi connectivity index (χ1) is 11.8. The van der Waals surface area contributed by atoms with Gasteiger partial charge < -0.3 is 20.2 Å². The van der Waals surface area contributed by atoms with E-state index >= 15 is 0 Å². The Balaban J connectivity index is 4.86. The molecule has 0 spiro atoms. The maximum atomic E-state index is 12.7. The number of hydrogen-bond donors (Lipinski definition) is 3. The van der Waals surface area contributed by atoms with Crippen LogP contribution >= 0.6 is 11.8 Å². The summed E-state index contributed by atoms with van der Waals surface area (Å²) in [5, 5.41) is 15.3. The SMILES string of the molecule is CSCCNC(=O)CCNC(=O)[C@H](O[Si](C)(C)C(C)(C)C)C(C)(C)CO. The van der Waals surface area contributed by atoms with Gasteiger partial charge >= 0.3 is 0 Å². The molecule has 0 heterocycles. The van der Waals surface area contributed by atoms with Gasteiger partial charge in [0.05, 0.1) is 6.61 Å². The molecule has 0 unspecified atom stereocenters. The lowest BCUT2D eigenvalue weighted by molar-refractivity contribution is -0.135. The number of nitrogens with one attached hydrogen (secondary N) is 2. The number of aliphatic hydroxyl groups is 1. The smallest absolute Gasteiger partial charge is 0.248 e. The number of amides is 2. The predicted molar refractivity (Wildman–Crippen MR) is 112 cm³/mol. The highest BCUT2D eigenvalue weighted by Crippen LogP contribution is 2.39. The molecule has 1 atom stereocenters. The second-order valence-electron chi connectivity index (χ2n) is 8.79. The molecule has 0 aliphatic carbocycles. The molecular formula is C18H38N2O4SSi. The van der Waals surface area contributed by atoms with Gasteiger partial charge in [0.15, 0.2) is 8.32 Å². The Morgan fingerprint density at radius 1 is 1.12 bits per heavy atom. The topological polar surface area (TPSA) is 87.7 Å². The quantitative estimate of drug-likeness (QED) is 0.362. The van der Waals surface area contributed by atoms with Gasteiger partial charge in [-0.2, -0.15) is 11.8 Å². The molecule has 0 bridgehead atoms. The average molecular weight is 407 g/mol. The third kappa shape index (κ3) is 8.41. The Kier molecular flexibility index (Phi) is 10.4. The summed E-state index contributed by atoms with van der Waals surface area (Å²) in [5.74, 6) is 0.513. The third-order valence-electron chi connectivity index (χ3n) is 4.85. The second kappa shape index (κ2) is 10.7. The summed E-state index contributed by atoms with van der Waals surface area (Å²) in [7, 11) is -2.19. The third-order valence-corrected chi connectivity index (χ3v) is 9.90. The van der Waals surface area contributed by atoms with Crippen LogP contribution in [0.25, 0.3) is 0 Å². The van der Waals surface area contributed by atoms with Crippen LogP contribution in [0.4, 0.5) is 0 Å². The summed E-state index contributed by atoms with van der Waals surface area (Å²) in [6, 6.07) is 0. The minimum absolute atomic E-state index is 0.0474. The summed E-state index contributed by atoms with van der Waals surface area (Å²) in [6.07, 6.45) is 1.46. The number of carbonyl (C=O) groups is 2. The standard InChI is InChI=1S/C18H38N2O4SSi/c1-17(2,3)26(7,8)24-15(18(4,5)13-21)16(23)20-10-9-14(22)19-11-12-25-6/h15,21H,9-13H2,1-8H3,(H,19,22)(H,20,23)/t15-/m0/s1. The summed E-state index contributed by atoms with van der Waals surface area (Å²) in [5.41, 5.74) is -0.708. The van der Waals surface area contributed by atoms with E-state index in [0.717, 1.165) is 5.75 Å². The number of thioether (sulfide) groups is 1. The lowest BCUT2D eigenvalue weighted by Crippen LogP contribution is -2.55.